The molecule has 0 radical (unpaired) electrons. The van der Waals surface area contributed by atoms with Gasteiger partial charge in [-0.3, -0.25) is 4.90 Å². The number of carbonyl (C=O) groups excluding carboxylic acids is 1. The van der Waals surface area contributed by atoms with Crippen LogP contribution in [0.3, 0.4) is 0 Å². The molecular weight excluding hydrogens is 248 g/mol. The SMILES string of the molecule is CN1C2CCC1(c1ccc(F)cc1F)CC(C=O)C2. The molecule has 2 aliphatic rings. The van der Waals surface area contributed by atoms with E-state index in [4.69, 9.17) is 0 Å². The first-order valence-corrected chi connectivity index (χ1v) is 6.70. The summed E-state index contributed by atoms with van der Waals surface area (Å²) in [6.45, 7) is 0. The van der Waals surface area contributed by atoms with Crippen molar-refractivity contribution in [3.63, 3.8) is 0 Å². The molecule has 102 valence electrons. The highest BCUT2D eigenvalue weighted by molar-refractivity contribution is 5.55. The Kier molecular flexibility index (Phi) is 2.93. The van der Waals surface area contributed by atoms with Crippen molar-refractivity contribution in [2.45, 2.75) is 37.3 Å². The lowest BCUT2D eigenvalue weighted by Crippen LogP contribution is -2.49. The minimum absolute atomic E-state index is 0.0202. The minimum atomic E-state index is -0.558. The molecule has 0 amide bonds. The second-order valence-corrected chi connectivity index (χ2v) is 5.80. The van der Waals surface area contributed by atoms with Crippen molar-refractivity contribution < 1.29 is 13.6 Å². The standard InChI is InChI=1S/C15H17F2NO/c1-18-12-4-5-15(18,8-10(6-12)9-19)13-3-2-11(16)7-14(13)17/h2-3,7,9-10,12H,4-6,8H2,1H3. The van der Waals surface area contributed by atoms with E-state index in [1.165, 1.54) is 12.1 Å². The number of rotatable bonds is 2. The monoisotopic (exact) mass is 265 g/mol. The maximum atomic E-state index is 14.1. The van der Waals surface area contributed by atoms with Gasteiger partial charge in [0.15, 0.2) is 0 Å². The van der Waals surface area contributed by atoms with Crippen LogP contribution in [-0.2, 0) is 10.3 Å². The lowest BCUT2D eigenvalue weighted by molar-refractivity contribution is -0.114. The van der Waals surface area contributed by atoms with Crippen LogP contribution in [0.25, 0.3) is 0 Å². The zero-order valence-corrected chi connectivity index (χ0v) is 10.9. The summed E-state index contributed by atoms with van der Waals surface area (Å²) in [7, 11) is 1.99. The molecule has 4 heteroatoms. The molecule has 3 unspecified atom stereocenters. The summed E-state index contributed by atoms with van der Waals surface area (Å²) in [5.74, 6) is -1.08. The summed E-state index contributed by atoms with van der Waals surface area (Å²) in [5, 5.41) is 0. The highest BCUT2D eigenvalue weighted by Crippen LogP contribution is 2.51. The van der Waals surface area contributed by atoms with Crippen LogP contribution in [-0.4, -0.2) is 24.3 Å². The van der Waals surface area contributed by atoms with Gasteiger partial charge in [-0.1, -0.05) is 6.07 Å². The van der Waals surface area contributed by atoms with Crippen LogP contribution < -0.4 is 0 Å². The van der Waals surface area contributed by atoms with Gasteiger partial charge in [0, 0.05) is 29.1 Å². The molecule has 0 N–H and O–H groups in total. The average molecular weight is 265 g/mol. The molecule has 0 spiro atoms. The van der Waals surface area contributed by atoms with E-state index >= 15 is 0 Å². The van der Waals surface area contributed by atoms with Crippen LogP contribution in [0.15, 0.2) is 18.2 Å². The van der Waals surface area contributed by atoms with E-state index in [9.17, 15) is 13.6 Å². The number of aldehydes is 1. The number of nitrogens with zero attached hydrogens (tertiary/aromatic N) is 1. The molecule has 2 bridgehead atoms. The van der Waals surface area contributed by atoms with Crippen molar-refractivity contribution in [3.05, 3.63) is 35.4 Å². The number of hydrogen-bond donors (Lipinski definition) is 0. The predicted octanol–water partition coefficient (Wildman–Crippen LogP) is 2.86. The summed E-state index contributed by atoms with van der Waals surface area (Å²) < 4.78 is 27.2. The van der Waals surface area contributed by atoms with Gasteiger partial charge in [-0.05, 0) is 38.8 Å². The third kappa shape index (κ3) is 1.81. The van der Waals surface area contributed by atoms with E-state index < -0.39 is 17.2 Å². The topological polar surface area (TPSA) is 20.3 Å². The first-order chi connectivity index (χ1) is 9.06. The average Bonchev–Trinajstić information content (AvgIpc) is 2.60. The zero-order valence-electron chi connectivity index (χ0n) is 10.9. The van der Waals surface area contributed by atoms with Gasteiger partial charge in [-0.2, -0.15) is 0 Å². The van der Waals surface area contributed by atoms with Crippen LogP contribution in [0.4, 0.5) is 8.78 Å². The molecule has 2 aliphatic heterocycles. The molecule has 0 aliphatic carbocycles. The van der Waals surface area contributed by atoms with E-state index in [1.54, 1.807) is 0 Å². The summed E-state index contributed by atoms with van der Waals surface area (Å²) >= 11 is 0. The third-order valence-corrected chi connectivity index (χ3v) is 4.91. The van der Waals surface area contributed by atoms with E-state index in [0.717, 1.165) is 31.6 Å². The minimum Gasteiger partial charge on any atom is -0.303 e. The maximum Gasteiger partial charge on any atom is 0.131 e. The van der Waals surface area contributed by atoms with E-state index in [1.807, 2.05) is 7.05 Å². The van der Waals surface area contributed by atoms with Crippen molar-refractivity contribution in [3.8, 4) is 0 Å². The van der Waals surface area contributed by atoms with Crippen LogP contribution in [0.5, 0.6) is 0 Å². The van der Waals surface area contributed by atoms with Crippen LogP contribution in [0.2, 0.25) is 0 Å². The largest absolute Gasteiger partial charge is 0.303 e. The first-order valence-electron chi connectivity index (χ1n) is 6.70. The predicted molar refractivity (Wildman–Crippen MR) is 67.6 cm³/mol. The van der Waals surface area contributed by atoms with Gasteiger partial charge in [0.25, 0.3) is 0 Å². The van der Waals surface area contributed by atoms with Gasteiger partial charge >= 0.3 is 0 Å². The Morgan fingerprint density at radius 3 is 2.89 bits per heavy atom. The summed E-state index contributed by atoms with van der Waals surface area (Å²) in [4.78, 5) is 13.3. The van der Waals surface area contributed by atoms with Crippen molar-refractivity contribution in [2.24, 2.45) is 5.92 Å². The molecule has 3 atom stereocenters. The quantitative estimate of drug-likeness (QED) is 0.766. The van der Waals surface area contributed by atoms with Gasteiger partial charge in [0.1, 0.15) is 17.9 Å². The Bertz CT molecular complexity index is 519. The smallest absolute Gasteiger partial charge is 0.131 e. The number of piperidine rings is 1. The molecule has 19 heavy (non-hydrogen) atoms. The second-order valence-electron chi connectivity index (χ2n) is 5.80. The molecule has 1 aromatic rings. The first kappa shape index (κ1) is 12.7. The number of carbonyl (C=O) groups is 1. The molecular formula is C15H17F2NO. The van der Waals surface area contributed by atoms with Gasteiger partial charge < -0.3 is 4.79 Å². The van der Waals surface area contributed by atoms with Crippen LogP contribution >= 0.6 is 0 Å². The molecule has 0 aromatic heterocycles. The normalized spacial score (nSPS) is 34.5. The summed E-state index contributed by atoms with van der Waals surface area (Å²) in [6, 6.07) is 4.11. The third-order valence-electron chi connectivity index (χ3n) is 4.91. The lowest BCUT2D eigenvalue weighted by Gasteiger charge is -2.45. The summed E-state index contributed by atoms with van der Waals surface area (Å²) in [5.41, 5.74) is 0.0946. The molecule has 1 aromatic carbocycles. The number of hydrogen-bond acceptors (Lipinski definition) is 2. The van der Waals surface area contributed by atoms with Crippen LogP contribution in [0, 0.1) is 17.6 Å². The molecule has 2 nitrogen and oxygen atoms in total. The van der Waals surface area contributed by atoms with Crippen molar-refractivity contribution in [1.82, 2.24) is 4.90 Å². The van der Waals surface area contributed by atoms with E-state index in [-0.39, 0.29) is 5.92 Å². The summed E-state index contributed by atoms with van der Waals surface area (Å²) in [6.07, 6.45) is 4.27. The Hall–Kier alpha value is -1.29. The van der Waals surface area contributed by atoms with E-state index in [2.05, 4.69) is 4.90 Å². The fraction of sp³-hybridized carbons (Fsp3) is 0.533. The Labute approximate surface area is 111 Å². The van der Waals surface area contributed by atoms with Crippen LogP contribution in [0.1, 0.15) is 31.2 Å². The fourth-order valence-corrected chi connectivity index (χ4v) is 3.92. The molecule has 2 fully saturated rings. The molecule has 0 saturated carbocycles. The number of halogens is 2. The van der Waals surface area contributed by atoms with Crippen molar-refractivity contribution in [1.29, 1.82) is 0 Å². The van der Waals surface area contributed by atoms with Crippen molar-refractivity contribution >= 4 is 6.29 Å². The second kappa shape index (κ2) is 4.37. The van der Waals surface area contributed by atoms with E-state index in [0.29, 0.717) is 18.0 Å². The number of benzene rings is 1. The lowest BCUT2D eigenvalue weighted by atomic mass is 9.77. The van der Waals surface area contributed by atoms with Gasteiger partial charge in [-0.15, -0.1) is 0 Å². The van der Waals surface area contributed by atoms with Gasteiger partial charge in [0.05, 0.1) is 0 Å². The molecule has 2 heterocycles. The Balaban J connectivity index is 2.07. The fourth-order valence-electron chi connectivity index (χ4n) is 3.92. The molecule has 2 saturated heterocycles. The highest BCUT2D eigenvalue weighted by atomic mass is 19.1. The Morgan fingerprint density at radius 2 is 2.21 bits per heavy atom. The Morgan fingerprint density at radius 1 is 1.42 bits per heavy atom. The number of fused-ring (bicyclic) bond motifs is 2. The highest BCUT2D eigenvalue weighted by Gasteiger charge is 2.51. The zero-order chi connectivity index (χ0) is 13.6. The van der Waals surface area contributed by atoms with Gasteiger partial charge in [0.2, 0.25) is 0 Å². The molecule has 3 rings (SSSR count). The van der Waals surface area contributed by atoms with Crippen molar-refractivity contribution in [2.75, 3.05) is 7.05 Å². The van der Waals surface area contributed by atoms with Gasteiger partial charge in [-0.25, -0.2) is 8.78 Å². The maximum absolute atomic E-state index is 14.1.